The summed E-state index contributed by atoms with van der Waals surface area (Å²) < 4.78 is 13.8. The van der Waals surface area contributed by atoms with Gasteiger partial charge in [-0.1, -0.05) is 31.5 Å². The first kappa shape index (κ1) is 11.9. The van der Waals surface area contributed by atoms with Crippen molar-refractivity contribution in [3.05, 3.63) is 34.6 Å². The van der Waals surface area contributed by atoms with Gasteiger partial charge in [-0.3, -0.25) is 0 Å². The normalized spacial score (nSPS) is 24.4. The Morgan fingerprint density at radius 1 is 1.44 bits per heavy atom. The van der Waals surface area contributed by atoms with E-state index in [1.54, 1.807) is 12.1 Å². The fourth-order valence-corrected chi connectivity index (χ4v) is 2.82. The summed E-state index contributed by atoms with van der Waals surface area (Å²) in [5.41, 5.74) is 0.874. The standard InChI is InChI=1S/C13H17ClFN/c1-13(2)6-9(7-16-8-13)12-10(14)4-3-5-11(12)15/h3-5,9,16H,6-8H2,1-2H3. The summed E-state index contributed by atoms with van der Waals surface area (Å²) in [6, 6.07) is 4.91. The van der Waals surface area contributed by atoms with E-state index in [2.05, 4.69) is 19.2 Å². The SMILES string of the molecule is CC1(C)CNCC(c2c(F)cccc2Cl)C1. The van der Waals surface area contributed by atoms with E-state index in [-0.39, 0.29) is 17.2 Å². The second kappa shape index (κ2) is 4.34. The van der Waals surface area contributed by atoms with Gasteiger partial charge in [0.05, 0.1) is 0 Å². The van der Waals surface area contributed by atoms with Gasteiger partial charge in [-0.05, 0) is 24.0 Å². The minimum atomic E-state index is -0.183. The van der Waals surface area contributed by atoms with Crippen molar-refractivity contribution in [2.45, 2.75) is 26.2 Å². The Morgan fingerprint density at radius 2 is 2.19 bits per heavy atom. The summed E-state index contributed by atoms with van der Waals surface area (Å²) in [6.45, 7) is 6.18. The molecule has 0 aromatic heterocycles. The lowest BCUT2D eigenvalue weighted by Crippen LogP contribution is -2.40. The first-order valence-corrected chi connectivity index (χ1v) is 6.02. The molecule has 1 heterocycles. The number of benzene rings is 1. The fourth-order valence-electron chi connectivity index (χ4n) is 2.50. The molecule has 88 valence electrons. The van der Waals surface area contributed by atoms with Crippen molar-refractivity contribution in [3.8, 4) is 0 Å². The van der Waals surface area contributed by atoms with Crippen molar-refractivity contribution in [2.75, 3.05) is 13.1 Å². The minimum absolute atomic E-state index is 0.178. The maximum Gasteiger partial charge on any atom is 0.128 e. The monoisotopic (exact) mass is 241 g/mol. The predicted molar refractivity (Wildman–Crippen MR) is 65.4 cm³/mol. The third-order valence-electron chi connectivity index (χ3n) is 3.20. The molecule has 1 fully saturated rings. The Hall–Kier alpha value is -0.600. The average Bonchev–Trinajstić information content (AvgIpc) is 2.15. The van der Waals surface area contributed by atoms with E-state index in [9.17, 15) is 4.39 Å². The van der Waals surface area contributed by atoms with Gasteiger partial charge in [0.15, 0.2) is 0 Å². The summed E-state index contributed by atoms with van der Waals surface area (Å²) in [4.78, 5) is 0. The van der Waals surface area contributed by atoms with Gasteiger partial charge in [-0.2, -0.15) is 0 Å². The molecule has 1 unspecified atom stereocenters. The zero-order valence-electron chi connectivity index (χ0n) is 9.69. The molecule has 1 aromatic carbocycles. The lowest BCUT2D eigenvalue weighted by atomic mass is 9.77. The Kier molecular flexibility index (Phi) is 3.22. The summed E-state index contributed by atoms with van der Waals surface area (Å²) in [5.74, 6) is -0.00514. The highest BCUT2D eigenvalue weighted by Gasteiger charge is 2.31. The molecule has 1 atom stereocenters. The van der Waals surface area contributed by atoms with E-state index < -0.39 is 0 Å². The summed E-state index contributed by atoms with van der Waals surface area (Å²) in [5, 5.41) is 3.90. The van der Waals surface area contributed by atoms with Gasteiger partial charge < -0.3 is 5.32 Å². The van der Waals surface area contributed by atoms with Crippen molar-refractivity contribution in [2.24, 2.45) is 5.41 Å². The average molecular weight is 242 g/mol. The van der Waals surface area contributed by atoms with E-state index >= 15 is 0 Å². The zero-order valence-corrected chi connectivity index (χ0v) is 10.4. The Bertz CT molecular complexity index is 369. The molecular weight excluding hydrogens is 225 g/mol. The van der Waals surface area contributed by atoms with Gasteiger partial charge in [-0.25, -0.2) is 4.39 Å². The molecule has 1 nitrogen and oxygen atoms in total. The molecule has 1 N–H and O–H groups in total. The maximum absolute atomic E-state index is 13.8. The van der Waals surface area contributed by atoms with Crippen LogP contribution in [-0.2, 0) is 0 Å². The van der Waals surface area contributed by atoms with Crippen LogP contribution in [0, 0.1) is 11.2 Å². The second-order valence-corrected chi connectivity index (χ2v) is 5.74. The van der Waals surface area contributed by atoms with Gasteiger partial charge in [-0.15, -0.1) is 0 Å². The van der Waals surface area contributed by atoms with Crippen molar-refractivity contribution >= 4 is 11.6 Å². The van der Waals surface area contributed by atoms with Crippen LogP contribution in [0.15, 0.2) is 18.2 Å². The van der Waals surface area contributed by atoms with Crippen molar-refractivity contribution in [3.63, 3.8) is 0 Å². The van der Waals surface area contributed by atoms with Crippen molar-refractivity contribution in [1.82, 2.24) is 5.32 Å². The smallest absolute Gasteiger partial charge is 0.128 e. The summed E-state index contributed by atoms with van der Waals surface area (Å²) in [6.07, 6.45) is 0.973. The molecular formula is C13H17ClFN. The summed E-state index contributed by atoms with van der Waals surface area (Å²) in [7, 11) is 0. The zero-order chi connectivity index (χ0) is 11.8. The third-order valence-corrected chi connectivity index (χ3v) is 3.53. The lowest BCUT2D eigenvalue weighted by Gasteiger charge is -2.36. The van der Waals surface area contributed by atoms with E-state index in [1.807, 2.05) is 0 Å². The van der Waals surface area contributed by atoms with Crippen LogP contribution in [0.2, 0.25) is 5.02 Å². The molecule has 1 aliphatic rings. The molecule has 0 aliphatic carbocycles. The first-order chi connectivity index (χ1) is 7.49. The highest BCUT2D eigenvalue weighted by Crippen LogP contribution is 2.37. The van der Waals surface area contributed by atoms with Crippen LogP contribution in [0.1, 0.15) is 31.7 Å². The molecule has 3 heteroatoms. The number of nitrogens with one attached hydrogen (secondary N) is 1. The van der Waals surface area contributed by atoms with Crippen LogP contribution >= 0.6 is 11.6 Å². The molecule has 1 aromatic rings. The fraction of sp³-hybridized carbons (Fsp3) is 0.538. The van der Waals surface area contributed by atoms with Crippen molar-refractivity contribution < 1.29 is 4.39 Å². The molecule has 1 aliphatic heterocycles. The number of piperidine rings is 1. The quantitative estimate of drug-likeness (QED) is 0.793. The van der Waals surface area contributed by atoms with Crippen LogP contribution in [0.5, 0.6) is 0 Å². The van der Waals surface area contributed by atoms with Gasteiger partial charge in [0, 0.05) is 29.6 Å². The van der Waals surface area contributed by atoms with Crippen LogP contribution in [0.25, 0.3) is 0 Å². The first-order valence-electron chi connectivity index (χ1n) is 5.64. The number of hydrogen-bond donors (Lipinski definition) is 1. The van der Waals surface area contributed by atoms with Gasteiger partial charge >= 0.3 is 0 Å². The lowest BCUT2D eigenvalue weighted by molar-refractivity contribution is 0.237. The molecule has 0 amide bonds. The van der Waals surface area contributed by atoms with Gasteiger partial charge in [0.2, 0.25) is 0 Å². The van der Waals surface area contributed by atoms with Crippen molar-refractivity contribution in [1.29, 1.82) is 0 Å². The number of rotatable bonds is 1. The highest BCUT2D eigenvalue weighted by atomic mass is 35.5. The molecule has 2 rings (SSSR count). The Labute approximate surface area is 101 Å². The van der Waals surface area contributed by atoms with Gasteiger partial charge in [0.1, 0.15) is 5.82 Å². The van der Waals surface area contributed by atoms with E-state index in [0.717, 1.165) is 19.5 Å². The molecule has 0 spiro atoms. The minimum Gasteiger partial charge on any atom is -0.316 e. The molecule has 0 saturated carbocycles. The Balaban J connectivity index is 2.30. The van der Waals surface area contributed by atoms with E-state index in [4.69, 9.17) is 11.6 Å². The van der Waals surface area contributed by atoms with E-state index in [0.29, 0.717) is 10.6 Å². The molecule has 0 radical (unpaired) electrons. The topological polar surface area (TPSA) is 12.0 Å². The number of hydrogen-bond acceptors (Lipinski definition) is 1. The van der Waals surface area contributed by atoms with Crippen LogP contribution in [0.3, 0.4) is 0 Å². The predicted octanol–water partition coefficient (Wildman–Crippen LogP) is 3.58. The summed E-state index contributed by atoms with van der Waals surface area (Å²) >= 11 is 6.09. The van der Waals surface area contributed by atoms with Gasteiger partial charge in [0.25, 0.3) is 0 Å². The van der Waals surface area contributed by atoms with Crippen LogP contribution < -0.4 is 5.32 Å². The molecule has 16 heavy (non-hydrogen) atoms. The largest absolute Gasteiger partial charge is 0.316 e. The molecule has 0 bridgehead atoms. The number of halogens is 2. The third kappa shape index (κ3) is 2.38. The Morgan fingerprint density at radius 3 is 2.81 bits per heavy atom. The molecule has 1 saturated heterocycles. The van der Waals surface area contributed by atoms with Crippen LogP contribution in [0.4, 0.5) is 4.39 Å². The van der Waals surface area contributed by atoms with E-state index in [1.165, 1.54) is 6.07 Å². The van der Waals surface area contributed by atoms with Crippen LogP contribution in [-0.4, -0.2) is 13.1 Å². The second-order valence-electron chi connectivity index (χ2n) is 5.33. The highest BCUT2D eigenvalue weighted by molar-refractivity contribution is 6.31. The maximum atomic E-state index is 13.8.